The molecule has 0 aliphatic carbocycles. The fourth-order valence-electron chi connectivity index (χ4n) is 1.08. The van der Waals surface area contributed by atoms with Crippen molar-refractivity contribution in [1.82, 2.24) is 9.97 Å². The van der Waals surface area contributed by atoms with Crippen LogP contribution in [0.5, 0.6) is 0 Å². The average molecular weight is 241 g/mol. The van der Waals surface area contributed by atoms with Crippen LogP contribution in [0.1, 0.15) is 5.69 Å². The molecule has 0 saturated carbocycles. The molecule has 2 rings (SSSR count). The summed E-state index contributed by atoms with van der Waals surface area (Å²) in [6.07, 6.45) is 1.56. The van der Waals surface area contributed by atoms with Crippen molar-refractivity contribution in [2.75, 3.05) is 11.1 Å². The molecule has 0 atom stereocenters. The van der Waals surface area contributed by atoms with Crippen LogP contribution in [0.2, 0.25) is 5.02 Å². The first kappa shape index (κ1) is 10.2. The minimum absolute atomic E-state index is 0.519. The normalized spacial score (nSPS) is 10.2. The van der Waals surface area contributed by atoms with Gasteiger partial charge in [-0.1, -0.05) is 11.6 Å². The lowest BCUT2D eigenvalue weighted by Crippen LogP contribution is -2.02. The van der Waals surface area contributed by atoms with Crippen LogP contribution in [-0.2, 0) is 6.54 Å². The van der Waals surface area contributed by atoms with Crippen LogP contribution < -0.4 is 11.1 Å². The van der Waals surface area contributed by atoms with Gasteiger partial charge >= 0.3 is 0 Å². The lowest BCUT2D eigenvalue weighted by atomic mass is 10.4. The maximum Gasteiger partial charge on any atom is 0.145 e. The van der Waals surface area contributed by atoms with Gasteiger partial charge in [-0.2, -0.15) is 0 Å². The van der Waals surface area contributed by atoms with Crippen molar-refractivity contribution in [2.24, 2.45) is 0 Å². The number of hydrogen-bond donors (Lipinski definition) is 2. The monoisotopic (exact) mass is 240 g/mol. The average Bonchev–Trinajstić information content (AvgIpc) is 2.69. The molecule has 2 aromatic heterocycles. The van der Waals surface area contributed by atoms with E-state index < -0.39 is 0 Å². The van der Waals surface area contributed by atoms with E-state index in [9.17, 15) is 0 Å². The Morgan fingerprint density at radius 3 is 3.00 bits per heavy atom. The van der Waals surface area contributed by atoms with Gasteiger partial charge in [-0.05, 0) is 6.07 Å². The van der Waals surface area contributed by atoms with Gasteiger partial charge in [-0.25, -0.2) is 9.97 Å². The highest BCUT2D eigenvalue weighted by atomic mass is 35.5. The molecule has 6 heteroatoms. The van der Waals surface area contributed by atoms with E-state index in [2.05, 4.69) is 15.3 Å². The summed E-state index contributed by atoms with van der Waals surface area (Å²) in [7, 11) is 0. The van der Waals surface area contributed by atoms with E-state index in [0.29, 0.717) is 23.1 Å². The SMILES string of the molecule is Nc1cnc(NCc2cscn2)c(Cl)c1. The quantitative estimate of drug-likeness (QED) is 0.865. The second kappa shape index (κ2) is 4.46. The number of pyridine rings is 1. The number of nitrogens with two attached hydrogens (primary N) is 1. The van der Waals surface area contributed by atoms with E-state index in [1.165, 1.54) is 0 Å². The first-order valence-electron chi connectivity index (χ1n) is 4.27. The molecule has 0 amide bonds. The molecule has 0 aromatic carbocycles. The topological polar surface area (TPSA) is 63.8 Å². The Hall–Kier alpha value is -1.33. The van der Waals surface area contributed by atoms with Gasteiger partial charge in [0.25, 0.3) is 0 Å². The molecule has 4 nitrogen and oxygen atoms in total. The molecule has 0 bridgehead atoms. The number of aromatic nitrogens is 2. The number of rotatable bonds is 3. The maximum atomic E-state index is 5.95. The molecular weight excluding hydrogens is 232 g/mol. The number of thiazole rings is 1. The van der Waals surface area contributed by atoms with Crippen LogP contribution >= 0.6 is 22.9 Å². The molecule has 15 heavy (non-hydrogen) atoms. The van der Waals surface area contributed by atoms with Crippen LogP contribution in [0.15, 0.2) is 23.2 Å². The zero-order valence-corrected chi connectivity index (χ0v) is 9.35. The third-order valence-corrected chi connectivity index (χ3v) is 2.71. The largest absolute Gasteiger partial charge is 0.397 e. The van der Waals surface area contributed by atoms with Crippen molar-refractivity contribution in [3.63, 3.8) is 0 Å². The molecule has 2 aromatic rings. The second-order valence-electron chi connectivity index (χ2n) is 2.93. The minimum atomic E-state index is 0.519. The molecule has 0 spiro atoms. The summed E-state index contributed by atoms with van der Waals surface area (Å²) in [5.74, 6) is 0.624. The smallest absolute Gasteiger partial charge is 0.145 e. The lowest BCUT2D eigenvalue weighted by molar-refractivity contribution is 1.05. The summed E-state index contributed by atoms with van der Waals surface area (Å²) >= 11 is 7.50. The van der Waals surface area contributed by atoms with Gasteiger partial charge in [0.2, 0.25) is 0 Å². The Morgan fingerprint density at radius 2 is 2.33 bits per heavy atom. The molecule has 0 radical (unpaired) electrons. The Labute approximate surface area is 96.1 Å². The highest BCUT2D eigenvalue weighted by Gasteiger charge is 2.02. The third kappa shape index (κ3) is 2.57. The van der Waals surface area contributed by atoms with Crippen LogP contribution in [0.3, 0.4) is 0 Å². The van der Waals surface area contributed by atoms with E-state index in [0.717, 1.165) is 5.69 Å². The summed E-state index contributed by atoms with van der Waals surface area (Å²) in [6.45, 7) is 0.611. The highest BCUT2D eigenvalue weighted by Crippen LogP contribution is 2.21. The van der Waals surface area contributed by atoms with Gasteiger partial charge in [0, 0.05) is 5.38 Å². The summed E-state index contributed by atoms with van der Waals surface area (Å²) < 4.78 is 0. The summed E-state index contributed by atoms with van der Waals surface area (Å²) in [6, 6.07) is 1.66. The summed E-state index contributed by atoms with van der Waals surface area (Å²) in [5, 5.41) is 5.58. The molecule has 0 aliphatic heterocycles. The van der Waals surface area contributed by atoms with Gasteiger partial charge in [0.1, 0.15) is 5.82 Å². The van der Waals surface area contributed by atoms with Crippen LogP contribution in [-0.4, -0.2) is 9.97 Å². The fraction of sp³-hybridized carbons (Fsp3) is 0.111. The van der Waals surface area contributed by atoms with Crippen LogP contribution in [0.25, 0.3) is 0 Å². The standard InChI is InChI=1S/C9H9ClN4S/c10-8-1-6(11)2-12-9(8)13-3-7-4-15-5-14-7/h1-2,4-5H,3,11H2,(H,12,13). The lowest BCUT2D eigenvalue weighted by Gasteiger charge is -2.05. The molecule has 0 saturated heterocycles. The van der Waals surface area contributed by atoms with Gasteiger partial charge in [0.15, 0.2) is 0 Å². The number of hydrogen-bond acceptors (Lipinski definition) is 5. The predicted octanol–water partition coefficient (Wildman–Crippen LogP) is 2.39. The molecular formula is C9H9ClN4S. The van der Waals surface area contributed by atoms with Crippen molar-refractivity contribution < 1.29 is 0 Å². The third-order valence-electron chi connectivity index (χ3n) is 1.78. The zero-order valence-electron chi connectivity index (χ0n) is 7.77. The molecule has 0 aliphatic rings. The number of nitrogen functional groups attached to an aromatic ring is 1. The van der Waals surface area contributed by atoms with Gasteiger partial charge in [-0.15, -0.1) is 11.3 Å². The van der Waals surface area contributed by atoms with E-state index in [4.69, 9.17) is 17.3 Å². The Bertz CT molecular complexity index is 443. The van der Waals surface area contributed by atoms with E-state index in [1.807, 2.05) is 5.38 Å². The van der Waals surface area contributed by atoms with E-state index >= 15 is 0 Å². The highest BCUT2D eigenvalue weighted by molar-refractivity contribution is 7.07. The zero-order chi connectivity index (χ0) is 10.7. The number of nitrogens with zero attached hydrogens (tertiary/aromatic N) is 2. The first-order valence-corrected chi connectivity index (χ1v) is 5.60. The minimum Gasteiger partial charge on any atom is -0.397 e. The van der Waals surface area contributed by atoms with E-state index in [-0.39, 0.29) is 0 Å². The Kier molecular flexibility index (Phi) is 3.03. The van der Waals surface area contributed by atoms with Gasteiger partial charge in [-0.3, -0.25) is 0 Å². The van der Waals surface area contributed by atoms with Gasteiger partial charge < -0.3 is 11.1 Å². The van der Waals surface area contributed by atoms with Crippen LogP contribution in [0.4, 0.5) is 11.5 Å². The number of halogens is 1. The molecule has 2 heterocycles. The predicted molar refractivity (Wildman–Crippen MR) is 63.1 cm³/mol. The Morgan fingerprint density at radius 1 is 1.47 bits per heavy atom. The molecule has 3 N–H and O–H groups in total. The van der Waals surface area contributed by atoms with E-state index in [1.54, 1.807) is 29.1 Å². The van der Waals surface area contributed by atoms with Crippen molar-refractivity contribution in [1.29, 1.82) is 0 Å². The maximum absolute atomic E-state index is 5.95. The number of nitrogens with one attached hydrogen (secondary N) is 1. The summed E-state index contributed by atoms with van der Waals surface area (Å²) in [5.41, 5.74) is 8.84. The molecule has 0 fully saturated rings. The second-order valence-corrected chi connectivity index (χ2v) is 4.06. The van der Waals surface area contributed by atoms with Crippen molar-refractivity contribution in [3.05, 3.63) is 33.9 Å². The molecule has 78 valence electrons. The Balaban J connectivity index is 2.05. The van der Waals surface area contributed by atoms with Crippen molar-refractivity contribution in [2.45, 2.75) is 6.54 Å². The van der Waals surface area contributed by atoms with Crippen molar-refractivity contribution >= 4 is 34.4 Å². The van der Waals surface area contributed by atoms with Crippen molar-refractivity contribution in [3.8, 4) is 0 Å². The first-order chi connectivity index (χ1) is 7.25. The molecule has 0 unspecified atom stereocenters. The van der Waals surface area contributed by atoms with Crippen LogP contribution in [0, 0.1) is 0 Å². The number of anilines is 2. The fourth-order valence-corrected chi connectivity index (χ4v) is 1.88. The van der Waals surface area contributed by atoms with Gasteiger partial charge in [0.05, 0.1) is 34.7 Å². The summed E-state index contributed by atoms with van der Waals surface area (Å²) in [4.78, 5) is 8.22.